The molecule has 0 aliphatic carbocycles. The molecule has 0 fully saturated rings. The number of hydrogen-bond donors (Lipinski definition) is 4. The van der Waals surface area contributed by atoms with E-state index in [1.807, 2.05) is 0 Å². The fraction of sp³-hybridized carbons (Fsp3) is 0.111. The second-order valence-corrected chi connectivity index (χ2v) is 11.2. The van der Waals surface area contributed by atoms with Crippen molar-refractivity contribution in [1.29, 1.82) is 0 Å². The highest BCUT2D eigenvalue weighted by Crippen LogP contribution is 2.42. The lowest BCUT2D eigenvalue weighted by atomic mass is 10.1. The minimum atomic E-state index is -4.97. The summed E-state index contributed by atoms with van der Waals surface area (Å²) in [6, 6.07) is 6.88. The van der Waals surface area contributed by atoms with Crippen molar-refractivity contribution < 1.29 is 44.0 Å². The summed E-state index contributed by atoms with van der Waals surface area (Å²) in [5, 5.41) is 18.0. The fourth-order valence-corrected chi connectivity index (χ4v) is 5.16. The highest BCUT2D eigenvalue weighted by atomic mass is 32.2. The van der Waals surface area contributed by atoms with Gasteiger partial charge in [-0.05, 0) is 43.0 Å². The van der Waals surface area contributed by atoms with Crippen LogP contribution in [0.25, 0.3) is 10.8 Å². The predicted molar refractivity (Wildman–Crippen MR) is 115 cm³/mol. The van der Waals surface area contributed by atoms with Gasteiger partial charge in [-0.2, -0.15) is 25.3 Å². The molecule has 33 heavy (non-hydrogen) atoms. The molecule has 0 amide bonds. The molecule has 0 aliphatic heterocycles. The first kappa shape index (κ1) is 24.7. The molecule has 0 radical (unpaired) electrons. The lowest BCUT2D eigenvalue weighted by Gasteiger charge is -2.10. The van der Waals surface area contributed by atoms with E-state index in [1.165, 1.54) is 12.1 Å². The number of aromatic hydroxyl groups is 1. The number of phenolic OH excluding ortho intramolecular Hbond substituents is 1. The van der Waals surface area contributed by atoms with Crippen LogP contribution in [0.1, 0.15) is 11.1 Å². The lowest BCUT2D eigenvalue weighted by molar-refractivity contribution is 0.472. The number of nitrogens with zero attached hydrogens (tertiary/aromatic N) is 2. The molecule has 0 spiro atoms. The zero-order valence-corrected chi connectivity index (χ0v) is 19.3. The van der Waals surface area contributed by atoms with Gasteiger partial charge in [0.05, 0.1) is 4.90 Å². The van der Waals surface area contributed by atoms with Gasteiger partial charge in [0.1, 0.15) is 21.2 Å². The van der Waals surface area contributed by atoms with E-state index in [2.05, 4.69) is 10.2 Å². The first-order valence-corrected chi connectivity index (χ1v) is 13.1. The Hall–Kier alpha value is -2.95. The summed E-state index contributed by atoms with van der Waals surface area (Å²) in [4.78, 5) is -2.52. The van der Waals surface area contributed by atoms with Crippen molar-refractivity contribution in [2.45, 2.75) is 28.5 Å². The van der Waals surface area contributed by atoms with Crippen LogP contribution in [0.3, 0.4) is 0 Å². The van der Waals surface area contributed by atoms with Gasteiger partial charge in [0.2, 0.25) is 0 Å². The van der Waals surface area contributed by atoms with E-state index in [0.29, 0.717) is 17.7 Å². The summed E-state index contributed by atoms with van der Waals surface area (Å²) in [5.41, 5.74) is -1.09. The van der Waals surface area contributed by atoms with Gasteiger partial charge >= 0.3 is 0 Å². The van der Waals surface area contributed by atoms with E-state index in [9.17, 15) is 44.0 Å². The van der Waals surface area contributed by atoms with Crippen LogP contribution in [0.5, 0.6) is 5.75 Å². The maximum atomic E-state index is 11.9. The van der Waals surface area contributed by atoms with Crippen LogP contribution in [0.2, 0.25) is 0 Å². The zero-order valence-electron chi connectivity index (χ0n) is 16.8. The number of benzene rings is 3. The summed E-state index contributed by atoms with van der Waals surface area (Å²) in [7, 11) is -14.8. The van der Waals surface area contributed by atoms with Crippen LogP contribution >= 0.6 is 0 Å². The third-order valence-electron chi connectivity index (χ3n) is 4.55. The van der Waals surface area contributed by atoms with Gasteiger partial charge in [-0.25, -0.2) is 0 Å². The molecule has 15 heteroatoms. The molecular weight excluding hydrogens is 500 g/mol. The van der Waals surface area contributed by atoms with E-state index >= 15 is 0 Å². The van der Waals surface area contributed by atoms with E-state index in [4.69, 9.17) is 0 Å². The van der Waals surface area contributed by atoms with Crippen LogP contribution in [0.15, 0.2) is 61.3 Å². The topological polar surface area (TPSA) is 208 Å². The Morgan fingerprint density at radius 1 is 0.697 bits per heavy atom. The van der Waals surface area contributed by atoms with E-state index < -0.39 is 62.2 Å². The van der Waals surface area contributed by atoms with Gasteiger partial charge in [0, 0.05) is 5.39 Å². The smallest absolute Gasteiger partial charge is 0.296 e. The molecule has 3 aromatic carbocycles. The molecule has 0 heterocycles. The van der Waals surface area contributed by atoms with E-state index in [0.717, 1.165) is 13.0 Å². The van der Waals surface area contributed by atoms with Gasteiger partial charge < -0.3 is 5.11 Å². The van der Waals surface area contributed by atoms with Gasteiger partial charge in [-0.1, -0.05) is 23.8 Å². The van der Waals surface area contributed by atoms with E-state index in [1.54, 1.807) is 13.0 Å². The number of azo groups is 1. The van der Waals surface area contributed by atoms with Crippen LogP contribution in [0, 0.1) is 13.8 Å². The summed E-state index contributed by atoms with van der Waals surface area (Å²) in [5.74, 6) is -0.723. The van der Waals surface area contributed by atoms with Crippen molar-refractivity contribution in [3.8, 4) is 5.75 Å². The first-order chi connectivity index (χ1) is 15.0. The number of hydrogen-bond acceptors (Lipinski definition) is 9. The summed E-state index contributed by atoms with van der Waals surface area (Å²) >= 11 is 0. The van der Waals surface area contributed by atoms with Crippen molar-refractivity contribution in [3.63, 3.8) is 0 Å². The lowest BCUT2D eigenvalue weighted by Crippen LogP contribution is -2.05. The van der Waals surface area contributed by atoms with Gasteiger partial charge in [0.25, 0.3) is 30.4 Å². The standard InChI is InChI=1S/C18H16N2O10S3/c1-9-3-4-12-11(5-9)7-16(33(28,29)30)17(18(12)21)20-19-13-8-14(31(22,23)24)10(2)6-15(13)32(25,26)27/h3-8,21H,1-2H3,(H,22,23,24)(H,25,26,27)(H,28,29,30). The molecule has 0 aromatic heterocycles. The largest absolute Gasteiger partial charge is 0.505 e. The molecule has 4 N–H and O–H groups in total. The maximum absolute atomic E-state index is 11.9. The molecule has 0 atom stereocenters. The normalized spacial score (nSPS) is 13.1. The molecule has 0 aliphatic rings. The number of phenols is 1. The summed E-state index contributed by atoms with van der Waals surface area (Å²) < 4.78 is 98.8. The maximum Gasteiger partial charge on any atom is 0.296 e. The van der Waals surface area contributed by atoms with Crippen molar-refractivity contribution >= 4 is 52.5 Å². The van der Waals surface area contributed by atoms with Gasteiger partial charge in [0.15, 0.2) is 5.75 Å². The Morgan fingerprint density at radius 3 is 1.82 bits per heavy atom. The van der Waals surface area contributed by atoms with Gasteiger partial charge in [-0.15, -0.1) is 10.2 Å². The Labute approximate surface area is 188 Å². The Bertz CT molecular complexity index is 1660. The number of fused-ring (bicyclic) bond motifs is 1. The second kappa shape index (κ2) is 8.12. The molecule has 176 valence electrons. The second-order valence-electron chi connectivity index (χ2n) is 7.01. The van der Waals surface area contributed by atoms with Crippen molar-refractivity contribution in [1.82, 2.24) is 0 Å². The molecular formula is C18H16N2O10S3. The molecule has 0 unspecified atom stereocenters. The number of aryl methyl sites for hydroxylation is 2. The average molecular weight is 517 g/mol. The first-order valence-electron chi connectivity index (χ1n) is 8.75. The number of rotatable bonds is 5. The Balaban J connectivity index is 2.37. The van der Waals surface area contributed by atoms with Crippen molar-refractivity contribution in [2.75, 3.05) is 0 Å². The fourth-order valence-electron chi connectivity index (χ4n) is 3.08. The minimum Gasteiger partial charge on any atom is -0.505 e. The molecule has 3 aromatic rings. The van der Waals surface area contributed by atoms with Crippen LogP contribution in [-0.4, -0.2) is 44.0 Å². The van der Waals surface area contributed by atoms with E-state index in [-0.39, 0.29) is 16.3 Å². The van der Waals surface area contributed by atoms with Gasteiger partial charge in [-0.3, -0.25) is 13.7 Å². The zero-order chi connectivity index (χ0) is 24.9. The van der Waals surface area contributed by atoms with Crippen molar-refractivity contribution in [2.24, 2.45) is 10.2 Å². The van der Waals surface area contributed by atoms with Crippen molar-refractivity contribution in [3.05, 3.63) is 47.5 Å². The highest BCUT2D eigenvalue weighted by molar-refractivity contribution is 7.86. The summed E-state index contributed by atoms with van der Waals surface area (Å²) in [6.45, 7) is 2.85. The molecule has 3 rings (SSSR count). The quantitative estimate of drug-likeness (QED) is 0.287. The molecule has 12 nitrogen and oxygen atoms in total. The Kier molecular flexibility index (Phi) is 6.08. The molecule has 0 saturated carbocycles. The third-order valence-corrected chi connectivity index (χ3v) is 7.30. The monoisotopic (exact) mass is 516 g/mol. The molecule has 0 saturated heterocycles. The minimum absolute atomic E-state index is 0.125. The predicted octanol–water partition coefficient (Wildman–Crippen LogP) is 3.32. The molecule has 0 bridgehead atoms. The Morgan fingerprint density at radius 2 is 1.27 bits per heavy atom. The highest BCUT2D eigenvalue weighted by Gasteiger charge is 2.25. The van der Waals surface area contributed by atoms with Crippen LogP contribution in [-0.2, 0) is 30.4 Å². The van der Waals surface area contributed by atoms with Crippen LogP contribution < -0.4 is 0 Å². The average Bonchev–Trinajstić information content (AvgIpc) is 2.65. The third kappa shape index (κ3) is 5.02. The summed E-state index contributed by atoms with van der Waals surface area (Å²) in [6.07, 6.45) is 0. The van der Waals surface area contributed by atoms with Crippen LogP contribution in [0.4, 0.5) is 11.4 Å². The SMILES string of the molecule is Cc1ccc2c(O)c(N=Nc3cc(S(=O)(=O)O)c(C)cc3S(=O)(=O)O)c(S(=O)(=O)O)cc2c1.